The fourth-order valence-electron chi connectivity index (χ4n) is 2.01. The fraction of sp³-hybridized carbons (Fsp3) is 0.647. The molecule has 1 aromatic rings. The third-order valence-corrected chi connectivity index (χ3v) is 4.17. The maximum Gasteiger partial charge on any atom is 0.119 e. The lowest BCUT2D eigenvalue weighted by molar-refractivity contribution is 0.242. The predicted octanol–water partition coefficient (Wildman–Crippen LogP) is 3.63. The Bertz CT molecular complexity index is 368. The van der Waals surface area contributed by atoms with Crippen LogP contribution < -0.4 is 10.1 Å². The van der Waals surface area contributed by atoms with E-state index in [1.54, 1.807) is 0 Å². The molecule has 0 heterocycles. The molecule has 0 amide bonds. The van der Waals surface area contributed by atoms with Gasteiger partial charge in [-0.25, -0.2) is 0 Å². The van der Waals surface area contributed by atoms with E-state index in [0.717, 1.165) is 36.6 Å². The number of benzene rings is 1. The molecule has 3 nitrogen and oxygen atoms in total. The lowest BCUT2D eigenvalue weighted by Gasteiger charge is -2.19. The maximum atomic E-state index is 8.85. The third-order valence-electron chi connectivity index (χ3n) is 3.03. The van der Waals surface area contributed by atoms with E-state index in [4.69, 9.17) is 9.84 Å². The molecular formula is C17H29NO2S. The van der Waals surface area contributed by atoms with Crippen molar-refractivity contribution in [2.75, 3.05) is 24.7 Å². The quantitative estimate of drug-likeness (QED) is 0.612. The molecule has 0 aliphatic carbocycles. The Morgan fingerprint density at radius 3 is 2.52 bits per heavy atom. The van der Waals surface area contributed by atoms with Gasteiger partial charge in [0.05, 0.1) is 6.10 Å². The van der Waals surface area contributed by atoms with Gasteiger partial charge in [-0.15, -0.1) is 0 Å². The minimum absolute atomic E-state index is 0.207. The van der Waals surface area contributed by atoms with Gasteiger partial charge in [-0.1, -0.05) is 19.1 Å². The first-order valence-electron chi connectivity index (χ1n) is 7.86. The first kappa shape index (κ1) is 18.3. The summed E-state index contributed by atoms with van der Waals surface area (Å²) in [6.45, 7) is 7.56. The second kappa shape index (κ2) is 10.9. The molecule has 120 valence electrons. The van der Waals surface area contributed by atoms with Crippen molar-refractivity contribution in [3.05, 3.63) is 29.8 Å². The zero-order valence-corrected chi connectivity index (χ0v) is 14.3. The largest absolute Gasteiger partial charge is 0.491 e. The van der Waals surface area contributed by atoms with Gasteiger partial charge in [0.15, 0.2) is 0 Å². The van der Waals surface area contributed by atoms with Crippen LogP contribution in [0.1, 0.15) is 45.2 Å². The van der Waals surface area contributed by atoms with Crippen LogP contribution in [0.15, 0.2) is 24.3 Å². The van der Waals surface area contributed by atoms with Crippen LogP contribution in [0, 0.1) is 0 Å². The number of hydrogen-bond acceptors (Lipinski definition) is 4. The van der Waals surface area contributed by atoms with E-state index in [1.165, 1.54) is 5.56 Å². The van der Waals surface area contributed by atoms with Crippen LogP contribution in [-0.2, 0) is 0 Å². The second-order valence-electron chi connectivity index (χ2n) is 5.39. The smallest absolute Gasteiger partial charge is 0.119 e. The zero-order chi connectivity index (χ0) is 15.5. The topological polar surface area (TPSA) is 41.5 Å². The second-order valence-corrected chi connectivity index (χ2v) is 6.54. The fourth-order valence-corrected chi connectivity index (χ4v) is 3.06. The van der Waals surface area contributed by atoms with Crippen LogP contribution >= 0.6 is 11.8 Å². The summed E-state index contributed by atoms with van der Waals surface area (Å²) >= 11 is 1.89. The van der Waals surface area contributed by atoms with Crippen molar-refractivity contribution in [2.24, 2.45) is 0 Å². The molecule has 0 aliphatic rings. The molecule has 0 saturated heterocycles. The maximum absolute atomic E-state index is 8.85. The van der Waals surface area contributed by atoms with Crippen molar-refractivity contribution >= 4 is 11.8 Å². The monoisotopic (exact) mass is 311 g/mol. The van der Waals surface area contributed by atoms with E-state index < -0.39 is 0 Å². The summed E-state index contributed by atoms with van der Waals surface area (Å²) < 4.78 is 5.69. The molecule has 21 heavy (non-hydrogen) atoms. The number of aliphatic hydroxyl groups is 1. The van der Waals surface area contributed by atoms with Gasteiger partial charge in [0, 0.05) is 18.4 Å². The van der Waals surface area contributed by atoms with E-state index in [9.17, 15) is 0 Å². The number of thioether (sulfide) groups is 1. The molecule has 0 aromatic heterocycles. The summed E-state index contributed by atoms with van der Waals surface area (Å²) in [5, 5.41) is 12.4. The van der Waals surface area contributed by atoms with E-state index in [2.05, 4.69) is 24.4 Å². The molecule has 2 N–H and O–H groups in total. The highest BCUT2D eigenvalue weighted by atomic mass is 32.2. The van der Waals surface area contributed by atoms with Crippen LogP contribution in [0.25, 0.3) is 0 Å². The van der Waals surface area contributed by atoms with Crippen LogP contribution in [0.2, 0.25) is 0 Å². The van der Waals surface area contributed by atoms with Crippen LogP contribution in [0.4, 0.5) is 0 Å². The Kier molecular flexibility index (Phi) is 9.55. The lowest BCUT2D eigenvalue weighted by Crippen LogP contribution is -2.24. The average Bonchev–Trinajstić information content (AvgIpc) is 2.47. The minimum atomic E-state index is 0.207. The van der Waals surface area contributed by atoms with Crippen molar-refractivity contribution in [3.8, 4) is 5.75 Å². The van der Waals surface area contributed by atoms with E-state index in [1.807, 2.05) is 37.7 Å². The van der Waals surface area contributed by atoms with Gasteiger partial charge in [0.1, 0.15) is 5.75 Å². The molecule has 1 aromatic carbocycles. The normalized spacial score (nSPS) is 12.6. The molecule has 1 atom stereocenters. The van der Waals surface area contributed by atoms with E-state index in [0.29, 0.717) is 6.04 Å². The van der Waals surface area contributed by atoms with Crippen molar-refractivity contribution < 1.29 is 9.84 Å². The summed E-state index contributed by atoms with van der Waals surface area (Å²) in [5.41, 5.74) is 1.30. The highest BCUT2D eigenvalue weighted by molar-refractivity contribution is 7.99. The van der Waals surface area contributed by atoms with Gasteiger partial charge in [0.25, 0.3) is 0 Å². The molecule has 0 aliphatic heterocycles. The molecule has 1 unspecified atom stereocenters. The van der Waals surface area contributed by atoms with Gasteiger partial charge in [-0.05, 0) is 56.7 Å². The van der Waals surface area contributed by atoms with Gasteiger partial charge < -0.3 is 15.2 Å². The molecule has 4 heteroatoms. The molecule has 0 fully saturated rings. The number of aliphatic hydroxyl groups excluding tert-OH is 1. The summed E-state index contributed by atoms with van der Waals surface area (Å²) in [5.74, 6) is 2.97. The highest BCUT2D eigenvalue weighted by Crippen LogP contribution is 2.22. The Hall–Kier alpha value is -0.710. The van der Waals surface area contributed by atoms with Gasteiger partial charge >= 0.3 is 0 Å². The van der Waals surface area contributed by atoms with Gasteiger partial charge in [0.2, 0.25) is 0 Å². The summed E-state index contributed by atoms with van der Waals surface area (Å²) in [7, 11) is 0. The first-order chi connectivity index (χ1) is 10.2. The van der Waals surface area contributed by atoms with Crippen molar-refractivity contribution in [3.63, 3.8) is 0 Å². The molecule has 0 spiro atoms. The summed E-state index contributed by atoms with van der Waals surface area (Å²) in [4.78, 5) is 0. The molecule has 0 radical (unpaired) electrons. The Balaban J connectivity index is 2.59. The molecule has 1 rings (SSSR count). The van der Waals surface area contributed by atoms with Crippen molar-refractivity contribution in [1.82, 2.24) is 5.32 Å². The summed E-state index contributed by atoms with van der Waals surface area (Å²) in [6.07, 6.45) is 2.21. The highest BCUT2D eigenvalue weighted by Gasteiger charge is 2.11. The predicted molar refractivity (Wildman–Crippen MR) is 92.3 cm³/mol. The minimum Gasteiger partial charge on any atom is -0.491 e. The van der Waals surface area contributed by atoms with E-state index in [-0.39, 0.29) is 12.7 Å². The molecular weight excluding hydrogens is 282 g/mol. The summed E-state index contributed by atoms with van der Waals surface area (Å²) in [6, 6.07) is 8.76. The van der Waals surface area contributed by atoms with Crippen LogP contribution in [0.3, 0.4) is 0 Å². The Labute approximate surface area is 133 Å². The zero-order valence-electron chi connectivity index (χ0n) is 13.5. The number of rotatable bonds is 11. The van der Waals surface area contributed by atoms with E-state index >= 15 is 0 Å². The number of nitrogens with one attached hydrogen (secondary N) is 1. The Morgan fingerprint density at radius 1 is 1.24 bits per heavy atom. The standard InChI is InChI=1S/C17H29NO2S/c1-4-10-18-17(13-21-12-5-11-19)15-6-8-16(9-7-15)20-14(2)3/h6-9,14,17-19H,4-5,10-13H2,1-3H3. The SMILES string of the molecule is CCCNC(CSCCCO)c1ccc(OC(C)C)cc1. The number of ether oxygens (including phenoxy) is 1. The van der Waals surface area contributed by atoms with Gasteiger partial charge in [-0.3, -0.25) is 0 Å². The lowest BCUT2D eigenvalue weighted by atomic mass is 10.1. The van der Waals surface area contributed by atoms with Gasteiger partial charge in [-0.2, -0.15) is 11.8 Å². The van der Waals surface area contributed by atoms with Crippen LogP contribution in [0.5, 0.6) is 5.75 Å². The number of hydrogen-bond donors (Lipinski definition) is 2. The average molecular weight is 311 g/mol. The third kappa shape index (κ3) is 7.74. The molecule has 0 bridgehead atoms. The first-order valence-corrected chi connectivity index (χ1v) is 9.01. The van der Waals surface area contributed by atoms with Crippen molar-refractivity contribution in [2.45, 2.75) is 45.8 Å². The van der Waals surface area contributed by atoms with Crippen molar-refractivity contribution in [1.29, 1.82) is 0 Å². The van der Waals surface area contributed by atoms with Crippen LogP contribution in [-0.4, -0.2) is 35.9 Å². The Morgan fingerprint density at radius 2 is 1.95 bits per heavy atom. The molecule has 0 saturated carbocycles.